The second-order valence-corrected chi connectivity index (χ2v) is 20.2. The molecule has 0 aliphatic rings. The zero-order chi connectivity index (χ0) is 45.9. The molecule has 0 aliphatic carbocycles. The second-order valence-electron chi connectivity index (χ2n) is 20.2. The third-order valence-corrected chi connectivity index (χ3v) is 12.8. The molecule has 330 valence electrons. The molecule has 2 aromatic heterocycles. The fourth-order valence-corrected chi connectivity index (χ4v) is 8.51. The number of imidazole rings is 1. The number of nitrogens with zero attached hydrogens (tertiary/aromatic N) is 3. The minimum atomic E-state index is -0.670. The summed E-state index contributed by atoms with van der Waals surface area (Å²) in [6.07, 6.45) is 2.87. The summed E-state index contributed by atoms with van der Waals surface area (Å²) in [4.78, 5) is 10.5. The third kappa shape index (κ3) is 9.05. The minimum absolute atomic E-state index is 0. The van der Waals surface area contributed by atoms with Gasteiger partial charge in [0.1, 0.15) is 11.6 Å². The number of aromatic nitrogens is 3. The van der Waals surface area contributed by atoms with Crippen molar-refractivity contribution in [3.8, 4) is 67.5 Å². The summed E-state index contributed by atoms with van der Waals surface area (Å²) in [5.74, 6) is 0.250. The van der Waals surface area contributed by atoms with E-state index in [9.17, 15) is 5.11 Å². The average molecular weight is 1030 g/mol. The maximum Gasteiger partial charge on any atom is 0.148 e. The Hall–Kier alpha value is -5.57. The van der Waals surface area contributed by atoms with E-state index in [4.69, 9.17) is 11.3 Å². The molecular formula is C59H62N3OPt-. The number of hydrogen-bond acceptors (Lipinski definition) is 3. The van der Waals surface area contributed by atoms with Gasteiger partial charge in [-0.1, -0.05) is 172 Å². The first-order valence-electron chi connectivity index (χ1n) is 22.9. The average Bonchev–Trinajstić information content (AvgIpc) is 3.65. The van der Waals surface area contributed by atoms with Gasteiger partial charge < -0.3 is 5.11 Å². The minimum Gasteiger partial charge on any atom is -0.507 e. The van der Waals surface area contributed by atoms with Crippen molar-refractivity contribution in [3.63, 3.8) is 0 Å². The van der Waals surface area contributed by atoms with Crippen LogP contribution >= 0.6 is 0 Å². The molecule has 0 fully saturated rings. The molecule has 0 spiro atoms. The van der Waals surface area contributed by atoms with Gasteiger partial charge in [-0.15, -0.1) is 29.3 Å². The molecule has 4 nitrogen and oxygen atoms in total. The molecule has 8 rings (SSSR count). The normalized spacial score (nSPS) is 12.6. The van der Waals surface area contributed by atoms with Crippen LogP contribution in [0.15, 0.2) is 134 Å². The van der Waals surface area contributed by atoms with Crippen LogP contribution in [0.5, 0.6) is 5.75 Å². The van der Waals surface area contributed by atoms with Crippen LogP contribution in [0.3, 0.4) is 0 Å². The van der Waals surface area contributed by atoms with Crippen LogP contribution in [0, 0.1) is 13.0 Å². The molecule has 1 N–H and O–H groups in total. The quantitative estimate of drug-likeness (QED) is 0.147. The molecule has 0 unspecified atom stereocenters. The summed E-state index contributed by atoms with van der Waals surface area (Å²) in [7, 11) is 0. The zero-order valence-electron chi connectivity index (χ0n) is 40.5. The van der Waals surface area contributed by atoms with E-state index in [0.717, 1.165) is 90.0 Å². The number of rotatable bonds is 9. The van der Waals surface area contributed by atoms with Crippen molar-refractivity contribution in [2.24, 2.45) is 0 Å². The van der Waals surface area contributed by atoms with Gasteiger partial charge in [-0.3, -0.25) is 9.55 Å². The van der Waals surface area contributed by atoms with Crippen molar-refractivity contribution in [2.45, 2.75) is 112 Å². The SMILES string of the molecule is [2H]C(C)(C)c1ccc(-c2ccnc(-c3[c-]c(-c4cccc5c4nc(-c4cc(C)cc(C(C)(C)C)c4O)n5-c4ccc(C(C)(C)CC)cc4-c4ccccc4)cc(C(C)(C)C)c3)c2)cc1.[Pt]. The van der Waals surface area contributed by atoms with Crippen molar-refractivity contribution < 1.29 is 27.5 Å². The zero-order valence-corrected chi connectivity index (χ0v) is 41.8. The Bertz CT molecular complexity index is 3020. The number of phenols is 1. The molecule has 0 aliphatic heterocycles. The van der Waals surface area contributed by atoms with Gasteiger partial charge in [0.2, 0.25) is 0 Å². The molecule has 6 aromatic carbocycles. The number of pyridine rings is 1. The van der Waals surface area contributed by atoms with Gasteiger partial charge in [0.05, 0.1) is 22.3 Å². The summed E-state index contributed by atoms with van der Waals surface area (Å²) in [6, 6.07) is 48.8. The van der Waals surface area contributed by atoms with Crippen LogP contribution in [0.2, 0.25) is 0 Å². The molecule has 64 heavy (non-hydrogen) atoms. The molecule has 0 saturated heterocycles. The van der Waals surface area contributed by atoms with Crippen molar-refractivity contribution in [3.05, 3.63) is 167 Å². The smallest absolute Gasteiger partial charge is 0.148 e. The van der Waals surface area contributed by atoms with E-state index in [1.54, 1.807) is 0 Å². The predicted molar refractivity (Wildman–Crippen MR) is 266 cm³/mol. The van der Waals surface area contributed by atoms with Crippen molar-refractivity contribution in [1.29, 1.82) is 0 Å². The number of fused-ring (bicyclic) bond motifs is 1. The van der Waals surface area contributed by atoms with Gasteiger partial charge in [-0.25, -0.2) is 4.98 Å². The monoisotopic (exact) mass is 1020 g/mol. The summed E-state index contributed by atoms with van der Waals surface area (Å²) in [5, 5.41) is 12.3. The molecule has 0 radical (unpaired) electrons. The molecule has 0 amide bonds. The first-order valence-corrected chi connectivity index (χ1v) is 22.4. The van der Waals surface area contributed by atoms with Gasteiger partial charge >= 0.3 is 0 Å². The number of aryl methyl sites for hydroxylation is 1. The van der Waals surface area contributed by atoms with Crippen LogP contribution in [0.4, 0.5) is 0 Å². The third-order valence-electron chi connectivity index (χ3n) is 12.8. The maximum atomic E-state index is 12.3. The number of para-hydroxylation sites is 1. The summed E-state index contributed by atoms with van der Waals surface area (Å²) in [6.45, 7) is 25.9. The fourth-order valence-electron chi connectivity index (χ4n) is 8.51. The Morgan fingerprint density at radius 1 is 0.672 bits per heavy atom. The Labute approximate surface area is 397 Å². The predicted octanol–water partition coefficient (Wildman–Crippen LogP) is 16.0. The van der Waals surface area contributed by atoms with Gasteiger partial charge in [0.15, 0.2) is 0 Å². The van der Waals surface area contributed by atoms with Gasteiger partial charge in [0.25, 0.3) is 0 Å². The van der Waals surface area contributed by atoms with E-state index in [-0.39, 0.29) is 43.1 Å². The van der Waals surface area contributed by atoms with E-state index in [2.05, 4.69) is 189 Å². The van der Waals surface area contributed by atoms with Crippen molar-refractivity contribution in [2.75, 3.05) is 0 Å². The molecule has 8 aromatic rings. The fraction of sp³-hybridized carbons (Fsp3) is 0.288. The van der Waals surface area contributed by atoms with Crippen LogP contribution in [-0.4, -0.2) is 19.6 Å². The number of hydrogen-bond donors (Lipinski definition) is 1. The molecular weight excluding hydrogens is 962 g/mol. The Kier molecular flexibility index (Phi) is 12.5. The first-order chi connectivity index (χ1) is 30.1. The second kappa shape index (κ2) is 17.8. The Morgan fingerprint density at radius 3 is 2.03 bits per heavy atom. The summed E-state index contributed by atoms with van der Waals surface area (Å²) >= 11 is 0. The number of benzene rings is 6. The van der Waals surface area contributed by atoms with Crippen molar-refractivity contribution in [1.82, 2.24) is 14.5 Å². The molecule has 5 heteroatoms. The van der Waals surface area contributed by atoms with Crippen LogP contribution in [0.25, 0.3) is 72.7 Å². The maximum absolute atomic E-state index is 12.3. The Balaban J connectivity index is 0.00000630. The summed E-state index contributed by atoms with van der Waals surface area (Å²) in [5.41, 5.74) is 16.2. The van der Waals surface area contributed by atoms with Crippen LogP contribution in [0.1, 0.15) is 118 Å². The largest absolute Gasteiger partial charge is 0.507 e. The van der Waals surface area contributed by atoms with Crippen LogP contribution in [-0.2, 0) is 37.3 Å². The standard InChI is InChI=1S/C59H62N3O.Pt/c1-13-59(11,12)45-26-27-52(48(36-45)41-18-15-14-16-19-41)62-53-21-17-20-47(54(53)61-56(62)49-30-38(4)31-50(55(49)63)58(8,9)10)43-32-44(34-46(33-43)57(5,6)7)51-35-42(28-29-60-51)40-24-22-39(23-25-40)37(2)3;/h14-31,33-37,63H,13H2,1-12H3;/q-1;/i37D;. The van der Waals surface area contributed by atoms with Gasteiger partial charge in [-0.2, -0.15) is 0 Å². The molecule has 0 saturated carbocycles. The van der Waals surface area contributed by atoms with E-state index < -0.39 is 5.89 Å². The number of aromatic hydroxyl groups is 1. The van der Waals surface area contributed by atoms with Gasteiger partial charge in [0, 0.05) is 45.5 Å². The molecule has 0 bridgehead atoms. The van der Waals surface area contributed by atoms with Crippen LogP contribution < -0.4 is 0 Å². The van der Waals surface area contributed by atoms with E-state index in [1.165, 1.54) is 5.56 Å². The number of phenolic OH excluding ortho intramolecular Hbond substituents is 1. The molecule has 2 heterocycles. The van der Waals surface area contributed by atoms with Crippen molar-refractivity contribution >= 4 is 11.0 Å². The van der Waals surface area contributed by atoms with Gasteiger partial charge in [-0.05, 0) is 99.2 Å². The van der Waals surface area contributed by atoms with E-state index in [0.29, 0.717) is 11.4 Å². The topological polar surface area (TPSA) is 50.9 Å². The van der Waals surface area contributed by atoms with E-state index >= 15 is 0 Å². The first kappa shape index (κ1) is 45.0. The summed E-state index contributed by atoms with van der Waals surface area (Å²) < 4.78 is 10.8. The van der Waals surface area contributed by atoms with E-state index in [1.807, 2.05) is 38.2 Å². The Morgan fingerprint density at radius 2 is 1.38 bits per heavy atom. The molecule has 0 atom stereocenters.